The molecule has 0 aliphatic heterocycles. The van der Waals surface area contributed by atoms with Crippen LogP contribution in [-0.2, 0) is 24.2 Å². The van der Waals surface area contributed by atoms with Crippen LogP contribution in [0, 0.1) is 0 Å². The zero-order valence-corrected chi connectivity index (χ0v) is 20.2. The van der Waals surface area contributed by atoms with E-state index in [4.69, 9.17) is 14.5 Å². The molecule has 3 aromatic rings. The van der Waals surface area contributed by atoms with Crippen LogP contribution in [0.15, 0.2) is 28.7 Å². The average molecular weight is 488 g/mol. The number of aryl methyl sites for hydroxylation is 2. The number of carbonyl (C=O) groups excluding carboxylic acids is 1. The first-order chi connectivity index (χ1) is 16.0. The van der Waals surface area contributed by atoms with Gasteiger partial charge >= 0.3 is 0 Å². The number of hydrogen-bond donors (Lipinski definition) is 1. The zero-order chi connectivity index (χ0) is 23.4. The fourth-order valence-corrected chi connectivity index (χ4v) is 5.87. The van der Waals surface area contributed by atoms with Crippen LogP contribution in [0.2, 0.25) is 0 Å². The van der Waals surface area contributed by atoms with Crippen molar-refractivity contribution in [2.75, 3.05) is 25.3 Å². The van der Waals surface area contributed by atoms with Crippen molar-refractivity contribution < 1.29 is 14.3 Å². The van der Waals surface area contributed by atoms with E-state index in [1.807, 2.05) is 0 Å². The number of fused-ring (bicyclic) bond motifs is 3. The lowest BCUT2D eigenvalue weighted by Crippen LogP contribution is -2.24. The number of aromatic nitrogens is 4. The summed E-state index contributed by atoms with van der Waals surface area (Å²) >= 11 is 2.80. The highest BCUT2D eigenvalue weighted by atomic mass is 32.2. The number of nitrogens with one attached hydrogen (secondary N) is 1. The van der Waals surface area contributed by atoms with Crippen molar-refractivity contribution in [1.29, 1.82) is 0 Å². The molecule has 0 atom stereocenters. The number of nitrogens with zero attached hydrogens (tertiary/aromatic N) is 4. The number of thioether (sulfide) groups is 1. The molecule has 0 bridgehead atoms. The van der Waals surface area contributed by atoms with E-state index < -0.39 is 0 Å². The van der Waals surface area contributed by atoms with Gasteiger partial charge in [0.2, 0.25) is 23.6 Å². The largest absolute Gasteiger partial charge is 0.481 e. The maximum atomic E-state index is 13.4. The van der Waals surface area contributed by atoms with E-state index in [9.17, 15) is 9.59 Å². The second kappa shape index (κ2) is 10.3. The average Bonchev–Trinajstić information content (AvgIpc) is 3.00. The Balaban J connectivity index is 1.58. The van der Waals surface area contributed by atoms with Crippen molar-refractivity contribution in [3.8, 4) is 11.8 Å². The molecule has 11 heteroatoms. The monoisotopic (exact) mass is 487 g/mol. The number of thiophene rings is 1. The highest BCUT2D eigenvalue weighted by Gasteiger charge is 2.22. The Kier molecular flexibility index (Phi) is 7.29. The van der Waals surface area contributed by atoms with Crippen molar-refractivity contribution in [3.63, 3.8) is 0 Å². The number of amides is 1. The van der Waals surface area contributed by atoms with Gasteiger partial charge in [0.15, 0.2) is 5.16 Å². The summed E-state index contributed by atoms with van der Waals surface area (Å²) in [6.07, 6.45) is 6.99. The first kappa shape index (κ1) is 23.2. The third kappa shape index (κ3) is 5.03. The molecule has 174 valence electrons. The molecule has 1 N–H and O–H groups in total. The molecule has 0 spiro atoms. The van der Waals surface area contributed by atoms with E-state index >= 15 is 0 Å². The number of hydrogen-bond acceptors (Lipinski definition) is 9. The van der Waals surface area contributed by atoms with Crippen molar-refractivity contribution >= 4 is 45.2 Å². The summed E-state index contributed by atoms with van der Waals surface area (Å²) in [6.45, 7) is 4.10. The maximum Gasteiger partial charge on any atom is 0.263 e. The van der Waals surface area contributed by atoms with Gasteiger partial charge in [-0.25, -0.2) is 4.98 Å². The van der Waals surface area contributed by atoms with Crippen molar-refractivity contribution in [2.45, 2.75) is 43.8 Å². The summed E-state index contributed by atoms with van der Waals surface area (Å²) in [5, 5.41) is 3.85. The lowest BCUT2D eigenvalue weighted by molar-refractivity contribution is -0.113. The quantitative estimate of drug-likeness (QED) is 0.223. The molecule has 0 saturated heterocycles. The molecule has 3 heterocycles. The smallest absolute Gasteiger partial charge is 0.263 e. The second-order valence-corrected chi connectivity index (χ2v) is 9.48. The second-order valence-electron chi connectivity index (χ2n) is 7.46. The fourth-order valence-electron chi connectivity index (χ4n) is 3.76. The topological polar surface area (TPSA) is 108 Å². The van der Waals surface area contributed by atoms with Gasteiger partial charge in [-0.2, -0.15) is 9.97 Å². The van der Waals surface area contributed by atoms with Gasteiger partial charge in [0.1, 0.15) is 4.83 Å². The van der Waals surface area contributed by atoms with Gasteiger partial charge in [0, 0.05) is 11.4 Å². The van der Waals surface area contributed by atoms with E-state index in [-0.39, 0.29) is 34.9 Å². The summed E-state index contributed by atoms with van der Waals surface area (Å²) in [7, 11) is 2.93. The minimum absolute atomic E-state index is 0.0308. The molecule has 0 saturated carbocycles. The highest BCUT2D eigenvalue weighted by Crippen LogP contribution is 2.34. The summed E-state index contributed by atoms with van der Waals surface area (Å²) < 4.78 is 11.8. The Morgan fingerprint density at radius 1 is 1.21 bits per heavy atom. The SMILES string of the molecule is C=CCn1c(SCC(=O)Nc2nc(OC)cc(OC)n2)nc2sc3c(c2c1=O)CCCCC3. The molecule has 0 fully saturated rings. The van der Waals surface area contributed by atoms with Crippen LogP contribution in [0.25, 0.3) is 10.2 Å². The van der Waals surface area contributed by atoms with Gasteiger partial charge in [-0.15, -0.1) is 17.9 Å². The van der Waals surface area contributed by atoms with Crippen LogP contribution < -0.4 is 20.3 Å². The zero-order valence-electron chi connectivity index (χ0n) is 18.5. The Bertz CT molecular complexity index is 1230. The number of allylic oxidation sites excluding steroid dienone is 1. The molecule has 1 aliphatic carbocycles. The van der Waals surface area contributed by atoms with Crippen molar-refractivity contribution in [2.24, 2.45) is 0 Å². The van der Waals surface area contributed by atoms with Gasteiger partial charge in [0.05, 0.1) is 31.4 Å². The fraction of sp³-hybridized carbons (Fsp3) is 0.409. The summed E-state index contributed by atoms with van der Waals surface area (Å²) in [5.74, 6) is 0.314. The summed E-state index contributed by atoms with van der Waals surface area (Å²) in [6, 6.07) is 1.51. The van der Waals surface area contributed by atoms with Gasteiger partial charge in [-0.3, -0.25) is 19.5 Å². The highest BCUT2D eigenvalue weighted by molar-refractivity contribution is 7.99. The van der Waals surface area contributed by atoms with E-state index in [1.165, 1.54) is 43.3 Å². The molecule has 9 nitrogen and oxygen atoms in total. The molecule has 1 amide bonds. The number of rotatable bonds is 8. The molecular weight excluding hydrogens is 462 g/mol. The Hall–Kier alpha value is -2.92. The van der Waals surface area contributed by atoms with Crippen LogP contribution in [0.5, 0.6) is 11.8 Å². The standard InChI is InChI=1S/C22H25N5O4S2/c1-4-10-27-20(29)18-13-8-6-5-7-9-14(13)33-19(18)26-22(27)32-12-15(28)23-21-24-16(30-2)11-17(25-21)31-3/h4,11H,1,5-10,12H2,2-3H3,(H,23,24,25,28). The first-order valence-corrected chi connectivity index (χ1v) is 12.4. The normalized spacial score (nSPS) is 13.3. The predicted octanol–water partition coefficient (Wildman–Crippen LogP) is 3.45. The summed E-state index contributed by atoms with van der Waals surface area (Å²) in [5.41, 5.74) is 1.09. The van der Waals surface area contributed by atoms with E-state index in [0.717, 1.165) is 41.5 Å². The van der Waals surface area contributed by atoms with Gasteiger partial charge in [-0.05, 0) is 31.2 Å². The van der Waals surface area contributed by atoms with E-state index in [0.29, 0.717) is 11.7 Å². The molecule has 3 aromatic heterocycles. The Morgan fingerprint density at radius 2 is 1.94 bits per heavy atom. The molecular formula is C22H25N5O4S2. The van der Waals surface area contributed by atoms with Crippen LogP contribution in [0.4, 0.5) is 5.95 Å². The van der Waals surface area contributed by atoms with Crippen LogP contribution in [0.1, 0.15) is 29.7 Å². The predicted molar refractivity (Wildman–Crippen MR) is 130 cm³/mol. The Labute approximate surface area is 199 Å². The van der Waals surface area contributed by atoms with Crippen LogP contribution in [0.3, 0.4) is 0 Å². The lowest BCUT2D eigenvalue weighted by Gasteiger charge is -2.11. The Morgan fingerprint density at radius 3 is 2.64 bits per heavy atom. The molecule has 0 unspecified atom stereocenters. The molecule has 0 radical (unpaired) electrons. The van der Waals surface area contributed by atoms with Crippen LogP contribution in [-0.4, -0.2) is 45.4 Å². The van der Waals surface area contributed by atoms with Gasteiger partial charge in [-0.1, -0.05) is 24.3 Å². The van der Waals surface area contributed by atoms with Crippen LogP contribution >= 0.6 is 23.1 Å². The number of anilines is 1. The van der Waals surface area contributed by atoms with Gasteiger partial charge < -0.3 is 9.47 Å². The lowest BCUT2D eigenvalue weighted by atomic mass is 10.1. The van der Waals surface area contributed by atoms with E-state index in [1.54, 1.807) is 22.0 Å². The number of methoxy groups -OCH3 is 2. The summed E-state index contributed by atoms with van der Waals surface area (Å²) in [4.78, 5) is 40.9. The molecule has 4 rings (SSSR count). The first-order valence-electron chi connectivity index (χ1n) is 10.6. The maximum absolute atomic E-state index is 13.4. The number of carbonyl (C=O) groups is 1. The third-order valence-corrected chi connectivity index (χ3v) is 7.44. The minimum Gasteiger partial charge on any atom is -0.481 e. The number of ether oxygens (including phenoxy) is 2. The van der Waals surface area contributed by atoms with Crippen molar-refractivity contribution in [3.05, 3.63) is 39.5 Å². The van der Waals surface area contributed by atoms with Gasteiger partial charge in [0.25, 0.3) is 5.56 Å². The molecule has 0 aromatic carbocycles. The minimum atomic E-state index is -0.336. The van der Waals surface area contributed by atoms with Crippen molar-refractivity contribution in [1.82, 2.24) is 19.5 Å². The van der Waals surface area contributed by atoms with E-state index in [2.05, 4.69) is 21.9 Å². The molecule has 33 heavy (non-hydrogen) atoms. The molecule has 1 aliphatic rings. The third-order valence-electron chi connectivity index (χ3n) is 5.28.